The van der Waals surface area contributed by atoms with Crippen LogP contribution in [-0.4, -0.2) is 26.8 Å². The van der Waals surface area contributed by atoms with Crippen molar-refractivity contribution in [2.24, 2.45) is 0 Å². The fraction of sp³-hybridized carbons (Fsp3) is 0.167. The van der Waals surface area contributed by atoms with Crippen LogP contribution in [0.3, 0.4) is 0 Å². The van der Waals surface area contributed by atoms with Crippen molar-refractivity contribution in [1.29, 1.82) is 0 Å². The van der Waals surface area contributed by atoms with Crippen LogP contribution in [0, 0.1) is 0 Å². The van der Waals surface area contributed by atoms with E-state index in [0.717, 1.165) is 5.56 Å². The van der Waals surface area contributed by atoms with Crippen LogP contribution in [0.2, 0.25) is 5.02 Å². The molecule has 0 saturated carbocycles. The highest BCUT2D eigenvalue weighted by Gasteiger charge is 2.16. The van der Waals surface area contributed by atoms with Gasteiger partial charge in [-0.25, -0.2) is 0 Å². The summed E-state index contributed by atoms with van der Waals surface area (Å²) >= 11 is 5.91. The van der Waals surface area contributed by atoms with Crippen LogP contribution in [0.15, 0.2) is 61.1 Å². The van der Waals surface area contributed by atoms with Crippen LogP contribution in [0.5, 0.6) is 5.75 Å². The van der Waals surface area contributed by atoms with Crippen molar-refractivity contribution in [3.8, 4) is 5.75 Å². The van der Waals surface area contributed by atoms with Crippen LogP contribution in [0.25, 0.3) is 0 Å². The Kier molecular flexibility index (Phi) is 5.30. The van der Waals surface area contributed by atoms with Gasteiger partial charge in [0.25, 0.3) is 5.91 Å². The van der Waals surface area contributed by atoms with Crippen LogP contribution in [-0.2, 0) is 11.3 Å². The van der Waals surface area contributed by atoms with E-state index < -0.39 is 6.10 Å². The Morgan fingerprint density at radius 2 is 2.20 bits per heavy atom. The zero-order valence-electron chi connectivity index (χ0n) is 13.6. The summed E-state index contributed by atoms with van der Waals surface area (Å²) in [4.78, 5) is 16.3. The van der Waals surface area contributed by atoms with Gasteiger partial charge in [0.2, 0.25) is 0 Å². The van der Waals surface area contributed by atoms with Crippen molar-refractivity contribution in [2.45, 2.75) is 19.6 Å². The molecule has 3 aromatic rings. The lowest BCUT2D eigenvalue weighted by molar-refractivity contribution is -0.122. The molecule has 0 spiro atoms. The average Bonchev–Trinajstić information content (AvgIpc) is 3.02. The summed E-state index contributed by atoms with van der Waals surface area (Å²) in [5.74, 6) is 0.722. The van der Waals surface area contributed by atoms with Gasteiger partial charge in [0, 0.05) is 29.7 Å². The minimum atomic E-state index is -0.679. The van der Waals surface area contributed by atoms with E-state index in [-0.39, 0.29) is 5.91 Å². The van der Waals surface area contributed by atoms with Gasteiger partial charge < -0.3 is 10.1 Å². The van der Waals surface area contributed by atoms with E-state index in [1.165, 1.54) is 0 Å². The van der Waals surface area contributed by atoms with Gasteiger partial charge >= 0.3 is 0 Å². The fourth-order valence-corrected chi connectivity index (χ4v) is 2.40. The summed E-state index contributed by atoms with van der Waals surface area (Å²) in [6.07, 6.45) is 4.62. The van der Waals surface area contributed by atoms with E-state index in [1.54, 1.807) is 60.5 Å². The van der Waals surface area contributed by atoms with Crippen LogP contribution in [0.4, 0.5) is 5.82 Å². The molecule has 1 unspecified atom stereocenters. The lowest BCUT2D eigenvalue weighted by atomic mass is 10.3. The molecule has 0 fully saturated rings. The van der Waals surface area contributed by atoms with Crippen LogP contribution >= 0.6 is 11.6 Å². The molecule has 1 atom stereocenters. The number of carbonyl (C=O) groups excluding carboxylic acids is 1. The number of benzene rings is 1. The first kappa shape index (κ1) is 17.0. The SMILES string of the molecule is CC(Oc1cccc(Cl)c1)C(=O)Nc1ccn(Cc2cccnc2)n1. The van der Waals surface area contributed by atoms with Gasteiger partial charge in [-0.1, -0.05) is 23.7 Å². The highest BCUT2D eigenvalue weighted by atomic mass is 35.5. The Hall–Kier alpha value is -2.86. The number of amides is 1. The Morgan fingerprint density at radius 1 is 1.32 bits per heavy atom. The third-order valence-electron chi connectivity index (χ3n) is 3.44. The average molecular weight is 357 g/mol. The lowest BCUT2D eigenvalue weighted by Crippen LogP contribution is -2.30. The number of pyridine rings is 1. The largest absolute Gasteiger partial charge is 0.481 e. The molecule has 25 heavy (non-hydrogen) atoms. The van der Waals surface area contributed by atoms with E-state index in [2.05, 4.69) is 15.4 Å². The van der Waals surface area contributed by atoms with E-state index in [4.69, 9.17) is 16.3 Å². The number of halogens is 1. The summed E-state index contributed by atoms with van der Waals surface area (Å²) in [6.45, 7) is 2.25. The first-order chi connectivity index (χ1) is 12.1. The third kappa shape index (κ3) is 4.81. The maximum atomic E-state index is 12.2. The lowest BCUT2D eigenvalue weighted by Gasteiger charge is -2.13. The molecule has 7 heteroatoms. The van der Waals surface area contributed by atoms with Gasteiger partial charge in [-0.2, -0.15) is 5.10 Å². The monoisotopic (exact) mass is 356 g/mol. The van der Waals surface area contributed by atoms with Gasteiger partial charge in [0.05, 0.1) is 6.54 Å². The maximum Gasteiger partial charge on any atom is 0.266 e. The third-order valence-corrected chi connectivity index (χ3v) is 3.67. The van der Waals surface area contributed by atoms with Crippen molar-refractivity contribution in [1.82, 2.24) is 14.8 Å². The molecular weight excluding hydrogens is 340 g/mol. The molecule has 0 aliphatic heterocycles. The predicted molar refractivity (Wildman–Crippen MR) is 95.7 cm³/mol. The molecule has 3 rings (SSSR count). The molecule has 2 heterocycles. The van der Waals surface area contributed by atoms with E-state index in [0.29, 0.717) is 23.1 Å². The molecule has 0 radical (unpaired) electrons. The Bertz CT molecular complexity index is 851. The number of ether oxygens (including phenoxy) is 1. The molecule has 0 bridgehead atoms. The van der Waals surface area contributed by atoms with Gasteiger partial charge in [-0.05, 0) is 36.8 Å². The topological polar surface area (TPSA) is 69.0 Å². The van der Waals surface area contributed by atoms with Gasteiger partial charge in [-0.15, -0.1) is 0 Å². The molecule has 1 aromatic carbocycles. The van der Waals surface area contributed by atoms with Crippen LogP contribution < -0.4 is 10.1 Å². The Labute approximate surface area is 150 Å². The quantitative estimate of drug-likeness (QED) is 0.735. The predicted octanol–water partition coefficient (Wildman–Crippen LogP) is 3.39. The highest BCUT2D eigenvalue weighted by Crippen LogP contribution is 2.18. The molecule has 0 aliphatic carbocycles. The Balaban J connectivity index is 1.57. The zero-order chi connectivity index (χ0) is 17.6. The smallest absolute Gasteiger partial charge is 0.266 e. The molecule has 0 saturated heterocycles. The number of hydrogen-bond donors (Lipinski definition) is 1. The number of nitrogens with one attached hydrogen (secondary N) is 1. The molecule has 6 nitrogen and oxygen atoms in total. The van der Waals surface area contributed by atoms with Crippen LogP contribution in [0.1, 0.15) is 12.5 Å². The van der Waals surface area contributed by atoms with Crippen molar-refractivity contribution < 1.29 is 9.53 Å². The first-order valence-electron chi connectivity index (χ1n) is 7.75. The molecule has 1 amide bonds. The number of hydrogen-bond acceptors (Lipinski definition) is 4. The van der Waals surface area contributed by atoms with E-state index >= 15 is 0 Å². The first-order valence-corrected chi connectivity index (χ1v) is 8.13. The van der Waals surface area contributed by atoms with Crippen molar-refractivity contribution >= 4 is 23.3 Å². The summed E-state index contributed by atoms with van der Waals surface area (Å²) in [5, 5.41) is 7.62. The summed E-state index contributed by atoms with van der Waals surface area (Å²) in [5.41, 5.74) is 1.03. The van der Waals surface area contributed by atoms with Gasteiger partial charge in [-0.3, -0.25) is 14.5 Å². The Morgan fingerprint density at radius 3 is 2.96 bits per heavy atom. The minimum absolute atomic E-state index is 0.286. The van der Waals surface area contributed by atoms with Crippen molar-refractivity contribution in [3.63, 3.8) is 0 Å². The second kappa shape index (κ2) is 7.81. The number of carbonyl (C=O) groups is 1. The van der Waals surface area contributed by atoms with Gasteiger partial charge in [0.15, 0.2) is 11.9 Å². The molecular formula is C18H17ClN4O2. The second-order valence-electron chi connectivity index (χ2n) is 5.47. The summed E-state index contributed by atoms with van der Waals surface area (Å²) < 4.78 is 7.32. The van der Waals surface area contributed by atoms with Crippen molar-refractivity contribution in [3.05, 3.63) is 71.6 Å². The van der Waals surface area contributed by atoms with Crippen molar-refractivity contribution in [2.75, 3.05) is 5.32 Å². The number of rotatable bonds is 6. The standard InChI is InChI=1S/C18H17ClN4O2/c1-13(25-16-6-2-5-15(19)10-16)18(24)21-17-7-9-23(22-17)12-14-4-3-8-20-11-14/h2-11,13H,12H2,1H3,(H,21,22,24). The summed E-state index contributed by atoms with van der Waals surface area (Å²) in [7, 11) is 0. The highest BCUT2D eigenvalue weighted by molar-refractivity contribution is 6.30. The zero-order valence-corrected chi connectivity index (χ0v) is 14.3. The fourth-order valence-electron chi connectivity index (χ4n) is 2.22. The molecule has 1 N–H and O–H groups in total. The maximum absolute atomic E-state index is 12.2. The normalized spacial score (nSPS) is 11.8. The van der Waals surface area contributed by atoms with E-state index in [1.807, 2.05) is 12.1 Å². The number of anilines is 1. The van der Waals surface area contributed by atoms with E-state index in [9.17, 15) is 4.79 Å². The number of aromatic nitrogens is 3. The number of nitrogens with zero attached hydrogens (tertiary/aromatic N) is 3. The molecule has 2 aromatic heterocycles. The summed E-state index contributed by atoms with van der Waals surface area (Å²) in [6, 6.07) is 12.5. The van der Waals surface area contributed by atoms with Gasteiger partial charge in [0.1, 0.15) is 5.75 Å². The second-order valence-corrected chi connectivity index (χ2v) is 5.90. The molecule has 128 valence electrons. The minimum Gasteiger partial charge on any atom is -0.481 e. The molecule has 0 aliphatic rings.